The highest BCUT2D eigenvalue weighted by molar-refractivity contribution is 5.70. The highest BCUT2D eigenvalue weighted by Gasteiger charge is 2.07. The van der Waals surface area contributed by atoms with Crippen molar-refractivity contribution in [3.05, 3.63) is 16.7 Å². The molecule has 70 valence electrons. The van der Waals surface area contributed by atoms with Gasteiger partial charge in [0, 0.05) is 0 Å². The monoisotopic (exact) mass is 189 g/mol. The van der Waals surface area contributed by atoms with Crippen molar-refractivity contribution in [2.24, 2.45) is 0 Å². The van der Waals surface area contributed by atoms with Crippen LogP contribution in [0.4, 0.5) is 5.95 Å². The third-order valence-corrected chi connectivity index (χ3v) is 1.75. The summed E-state index contributed by atoms with van der Waals surface area (Å²) in [5.41, 5.74) is 5.68. The number of imidazole rings is 1. The number of terminal acetylenes is 1. The summed E-state index contributed by atoms with van der Waals surface area (Å²) in [6, 6.07) is 0. The lowest BCUT2D eigenvalue weighted by molar-refractivity contribution is 0.857. The van der Waals surface area contributed by atoms with Gasteiger partial charge in [0.1, 0.15) is 0 Å². The number of hydrogen-bond acceptors (Lipinski definition) is 4. The largest absolute Gasteiger partial charge is 0.369 e. The summed E-state index contributed by atoms with van der Waals surface area (Å²) >= 11 is 0. The number of nitrogen functional groups attached to an aromatic ring is 1. The minimum absolute atomic E-state index is 0.0567. The van der Waals surface area contributed by atoms with Gasteiger partial charge in [-0.3, -0.25) is 9.78 Å². The Morgan fingerprint density at radius 1 is 1.71 bits per heavy atom. The van der Waals surface area contributed by atoms with Crippen LogP contribution in [0, 0.1) is 12.3 Å². The van der Waals surface area contributed by atoms with Crippen LogP contribution in [0.3, 0.4) is 0 Å². The van der Waals surface area contributed by atoms with Crippen LogP contribution < -0.4 is 11.3 Å². The quantitative estimate of drug-likeness (QED) is 0.582. The van der Waals surface area contributed by atoms with Gasteiger partial charge < -0.3 is 10.3 Å². The molecule has 0 aliphatic heterocycles. The summed E-state index contributed by atoms with van der Waals surface area (Å²) < 4.78 is 1.58. The third kappa shape index (κ3) is 1.11. The lowest BCUT2D eigenvalue weighted by atomic mass is 10.5. The van der Waals surface area contributed by atoms with E-state index in [-0.39, 0.29) is 17.0 Å². The Labute approximate surface area is 78.8 Å². The molecule has 0 bridgehead atoms. The van der Waals surface area contributed by atoms with Crippen LogP contribution >= 0.6 is 0 Å². The normalized spacial score (nSPS) is 10.2. The SMILES string of the molecule is C#CCn1cnc2c(=O)[nH]c(N)nc21. The molecule has 2 aromatic heterocycles. The molecule has 0 unspecified atom stereocenters. The molecule has 2 heterocycles. The van der Waals surface area contributed by atoms with Gasteiger partial charge >= 0.3 is 0 Å². The summed E-state index contributed by atoms with van der Waals surface area (Å²) in [5, 5.41) is 0. The van der Waals surface area contributed by atoms with Crippen molar-refractivity contribution in [1.82, 2.24) is 19.5 Å². The van der Waals surface area contributed by atoms with Crippen LogP contribution in [0.15, 0.2) is 11.1 Å². The number of H-pyrrole nitrogens is 1. The number of nitrogens with zero attached hydrogens (tertiary/aromatic N) is 3. The lowest BCUT2D eigenvalue weighted by Gasteiger charge is -1.97. The summed E-state index contributed by atoms with van der Waals surface area (Å²) in [7, 11) is 0. The molecule has 2 rings (SSSR count). The Kier molecular flexibility index (Phi) is 1.71. The summed E-state index contributed by atoms with van der Waals surface area (Å²) in [5.74, 6) is 2.49. The predicted octanol–water partition coefficient (Wildman–Crippen LogP) is -0.665. The van der Waals surface area contributed by atoms with Crippen LogP contribution in [0.1, 0.15) is 0 Å². The second-order valence-electron chi connectivity index (χ2n) is 2.70. The van der Waals surface area contributed by atoms with Gasteiger partial charge in [-0.1, -0.05) is 5.92 Å². The first-order valence-electron chi connectivity index (χ1n) is 3.86. The molecule has 6 nitrogen and oxygen atoms in total. The van der Waals surface area contributed by atoms with Crippen molar-refractivity contribution in [2.75, 3.05) is 5.73 Å². The van der Waals surface area contributed by atoms with Gasteiger partial charge in [0.05, 0.1) is 12.9 Å². The van der Waals surface area contributed by atoms with Crippen molar-refractivity contribution in [3.63, 3.8) is 0 Å². The number of rotatable bonds is 1. The van der Waals surface area contributed by atoms with E-state index >= 15 is 0 Å². The molecular weight excluding hydrogens is 182 g/mol. The zero-order chi connectivity index (χ0) is 10.1. The van der Waals surface area contributed by atoms with E-state index in [4.69, 9.17) is 12.2 Å². The molecule has 0 aliphatic rings. The van der Waals surface area contributed by atoms with Crippen LogP contribution in [0.25, 0.3) is 11.2 Å². The first-order valence-corrected chi connectivity index (χ1v) is 3.86. The number of aromatic amines is 1. The molecule has 6 heteroatoms. The fourth-order valence-electron chi connectivity index (χ4n) is 1.18. The Morgan fingerprint density at radius 3 is 3.21 bits per heavy atom. The number of nitrogens with one attached hydrogen (secondary N) is 1. The average molecular weight is 189 g/mol. The maximum absolute atomic E-state index is 11.3. The van der Waals surface area contributed by atoms with E-state index in [9.17, 15) is 4.79 Å². The van der Waals surface area contributed by atoms with E-state index in [0.717, 1.165) is 0 Å². The van der Waals surface area contributed by atoms with Crippen LogP contribution in [0.2, 0.25) is 0 Å². The molecular formula is C8H7N5O. The summed E-state index contributed by atoms with van der Waals surface area (Å²) in [6.45, 7) is 0.312. The van der Waals surface area contributed by atoms with Gasteiger partial charge in [-0.15, -0.1) is 6.42 Å². The second-order valence-corrected chi connectivity index (χ2v) is 2.70. The summed E-state index contributed by atoms with van der Waals surface area (Å²) in [6.07, 6.45) is 6.61. The van der Waals surface area contributed by atoms with Crippen molar-refractivity contribution in [2.45, 2.75) is 6.54 Å². The van der Waals surface area contributed by atoms with Gasteiger partial charge in [0.2, 0.25) is 5.95 Å². The van der Waals surface area contributed by atoms with Crippen molar-refractivity contribution >= 4 is 17.1 Å². The van der Waals surface area contributed by atoms with Gasteiger partial charge in [0.25, 0.3) is 5.56 Å². The molecule has 0 spiro atoms. The first kappa shape index (κ1) is 8.31. The molecule has 3 N–H and O–H groups in total. The number of anilines is 1. The summed E-state index contributed by atoms with van der Waals surface area (Å²) in [4.78, 5) is 21.5. The predicted molar refractivity (Wildman–Crippen MR) is 51.4 cm³/mol. The Hall–Kier alpha value is -2.29. The smallest absolute Gasteiger partial charge is 0.280 e. The molecule has 2 aromatic rings. The van der Waals surface area contributed by atoms with Crippen LogP contribution in [0.5, 0.6) is 0 Å². The molecule has 0 aromatic carbocycles. The highest BCUT2D eigenvalue weighted by atomic mass is 16.1. The van der Waals surface area contributed by atoms with E-state index in [1.807, 2.05) is 0 Å². The van der Waals surface area contributed by atoms with E-state index < -0.39 is 0 Å². The number of nitrogens with two attached hydrogens (primary N) is 1. The molecule has 0 amide bonds. The lowest BCUT2D eigenvalue weighted by Crippen LogP contribution is -2.12. The van der Waals surface area contributed by atoms with E-state index in [2.05, 4.69) is 20.9 Å². The number of aromatic nitrogens is 4. The van der Waals surface area contributed by atoms with E-state index in [0.29, 0.717) is 12.2 Å². The molecule has 14 heavy (non-hydrogen) atoms. The Morgan fingerprint density at radius 2 is 2.50 bits per heavy atom. The Balaban J connectivity index is 2.80. The standard InChI is InChI=1S/C8H7N5O/c1-2-3-13-4-10-5-6(13)11-8(9)12-7(5)14/h1,4H,3H2,(H3,9,11,12,14). The third-order valence-electron chi connectivity index (χ3n) is 1.75. The van der Waals surface area contributed by atoms with Crippen LogP contribution in [-0.2, 0) is 6.54 Å². The maximum Gasteiger partial charge on any atom is 0.280 e. The van der Waals surface area contributed by atoms with Crippen LogP contribution in [-0.4, -0.2) is 19.5 Å². The Bertz CT molecular complexity index is 573. The first-order chi connectivity index (χ1) is 6.72. The molecule has 0 radical (unpaired) electrons. The molecule has 0 fully saturated rings. The molecule has 0 aliphatic carbocycles. The number of fused-ring (bicyclic) bond motifs is 1. The maximum atomic E-state index is 11.3. The average Bonchev–Trinajstić information content (AvgIpc) is 2.49. The molecule has 0 saturated heterocycles. The molecule has 0 atom stereocenters. The van der Waals surface area contributed by atoms with Crippen molar-refractivity contribution in [1.29, 1.82) is 0 Å². The fourth-order valence-corrected chi connectivity index (χ4v) is 1.18. The zero-order valence-corrected chi connectivity index (χ0v) is 7.19. The minimum atomic E-state index is -0.358. The zero-order valence-electron chi connectivity index (χ0n) is 7.19. The van der Waals surface area contributed by atoms with E-state index in [1.54, 1.807) is 4.57 Å². The van der Waals surface area contributed by atoms with E-state index in [1.165, 1.54) is 6.33 Å². The van der Waals surface area contributed by atoms with Gasteiger partial charge in [-0.2, -0.15) is 4.98 Å². The molecule has 0 saturated carbocycles. The number of hydrogen-bond donors (Lipinski definition) is 2. The fraction of sp³-hybridized carbons (Fsp3) is 0.125. The van der Waals surface area contributed by atoms with Crippen molar-refractivity contribution < 1.29 is 0 Å². The highest BCUT2D eigenvalue weighted by Crippen LogP contribution is 2.05. The van der Waals surface area contributed by atoms with Gasteiger partial charge in [-0.05, 0) is 0 Å². The van der Waals surface area contributed by atoms with Gasteiger partial charge in [-0.25, -0.2) is 4.98 Å². The topological polar surface area (TPSA) is 89.6 Å². The minimum Gasteiger partial charge on any atom is -0.369 e. The van der Waals surface area contributed by atoms with Gasteiger partial charge in [0.15, 0.2) is 11.2 Å². The van der Waals surface area contributed by atoms with Crippen molar-refractivity contribution in [3.8, 4) is 12.3 Å². The second kappa shape index (κ2) is 2.88.